The monoisotopic (exact) mass is 315 g/mol. The Kier molecular flexibility index (Phi) is 4.42. The number of rotatable bonds is 3. The van der Waals surface area contributed by atoms with E-state index in [4.69, 9.17) is 4.74 Å². The van der Waals surface area contributed by atoms with Crippen molar-refractivity contribution in [1.82, 2.24) is 15.0 Å². The van der Waals surface area contributed by atoms with E-state index in [1.165, 1.54) is 0 Å². The Morgan fingerprint density at radius 1 is 1.44 bits per heavy atom. The Balaban J connectivity index is 2.08. The second kappa shape index (κ2) is 5.86. The summed E-state index contributed by atoms with van der Waals surface area (Å²) in [5, 5.41) is 1.90. The molecule has 0 radical (unpaired) electrons. The van der Waals surface area contributed by atoms with Crippen molar-refractivity contribution in [2.24, 2.45) is 0 Å². The normalized spacial score (nSPS) is 17.1. The standard InChI is InChI=1S/C12H18BrN3O2/c1-9(2)16-8-10(13)7-11(16)12(17)14-15-3-5-18-6-4-15/h7-9H,3-6H2,1-2H3,(H,14,17). The van der Waals surface area contributed by atoms with Crippen LogP contribution in [0, 0.1) is 0 Å². The Morgan fingerprint density at radius 2 is 2.11 bits per heavy atom. The molecular weight excluding hydrogens is 298 g/mol. The molecule has 6 heteroatoms. The number of nitrogens with one attached hydrogen (secondary N) is 1. The molecule has 0 aliphatic carbocycles. The summed E-state index contributed by atoms with van der Waals surface area (Å²) in [6, 6.07) is 2.09. The van der Waals surface area contributed by atoms with E-state index in [2.05, 4.69) is 35.2 Å². The number of hydrogen-bond donors (Lipinski definition) is 1. The van der Waals surface area contributed by atoms with E-state index in [0.29, 0.717) is 18.9 Å². The third-order valence-corrected chi connectivity index (χ3v) is 3.31. The molecule has 0 spiro atoms. The van der Waals surface area contributed by atoms with Crippen LogP contribution in [0.4, 0.5) is 0 Å². The quantitative estimate of drug-likeness (QED) is 0.925. The number of aromatic nitrogens is 1. The SMILES string of the molecule is CC(C)n1cc(Br)cc1C(=O)NN1CCOCC1. The molecule has 0 unspecified atom stereocenters. The van der Waals surface area contributed by atoms with Crippen molar-refractivity contribution in [3.8, 4) is 0 Å². The van der Waals surface area contributed by atoms with Crippen molar-refractivity contribution in [3.63, 3.8) is 0 Å². The number of morpholine rings is 1. The summed E-state index contributed by atoms with van der Waals surface area (Å²) >= 11 is 3.41. The molecule has 1 aliphatic rings. The number of hydrazine groups is 1. The largest absolute Gasteiger partial charge is 0.379 e. The van der Waals surface area contributed by atoms with E-state index >= 15 is 0 Å². The first kappa shape index (κ1) is 13.6. The number of halogens is 1. The highest BCUT2D eigenvalue weighted by Crippen LogP contribution is 2.19. The number of carbonyl (C=O) groups excluding carboxylic acids is 1. The number of hydrogen-bond acceptors (Lipinski definition) is 3. The number of amides is 1. The van der Waals surface area contributed by atoms with E-state index in [1.807, 2.05) is 21.8 Å². The summed E-state index contributed by atoms with van der Waals surface area (Å²) in [6.07, 6.45) is 1.93. The van der Waals surface area contributed by atoms with Gasteiger partial charge in [-0.05, 0) is 35.8 Å². The third-order valence-electron chi connectivity index (χ3n) is 2.87. The minimum atomic E-state index is -0.0729. The molecular formula is C12H18BrN3O2. The maximum Gasteiger partial charge on any atom is 0.282 e. The van der Waals surface area contributed by atoms with Crippen molar-refractivity contribution >= 4 is 21.8 Å². The van der Waals surface area contributed by atoms with E-state index < -0.39 is 0 Å². The summed E-state index contributed by atoms with van der Waals surface area (Å²) in [6.45, 7) is 6.89. The molecule has 18 heavy (non-hydrogen) atoms. The topological polar surface area (TPSA) is 46.5 Å². The predicted octanol–water partition coefficient (Wildman–Crippen LogP) is 1.81. The summed E-state index contributed by atoms with van der Waals surface area (Å²) in [4.78, 5) is 12.2. The van der Waals surface area contributed by atoms with Crippen LogP contribution in [0.25, 0.3) is 0 Å². The van der Waals surface area contributed by atoms with Gasteiger partial charge in [0.25, 0.3) is 5.91 Å². The van der Waals surface area contributed by atoms with Crippen LogP contribution in [0.5, 0.6) is 0 Å². The average Bonchev–Trinajstić information content (AvgIpc) is 2.73. The summed E-state index contributed by atoms with van der Waals surface area (Å²) in [5.41, 5.74) is 3.59. The minimum absolute atomic E-state index is 0.0729. The van der Waals surface area contributed by atoms with Crippen LogP contribution in [0.2, 0.25) is 0 Å². The lowest BCUT2D eigenvalue weighted by Crippen LogP contribution is -2.48. The number of ether oxygens (including phenoxy) is 1. The first-order valence-corrected chi connectivity index (χ1v) is 6.88. The van der Waals surface area contributed by atoms with Gasteiger partial charge in [-0.25, -0.2) is 5.01 Å². The maximum absolute atomic E-state index is 12.2. The highest BCUT2D eigenvalue weighted by atomic mass is 79.9. The second-order valence-corrected chi connectivity index (χ2v) is 5.50. The van der Waals surface area contributed by atoms with Gasteiger partial charge in [-0.2, -0.15) is 0 Å². The molecule has 2 heterocycles. The van der Waals surface area contributed by atoms with Gasteiger partial charge in [0.1, 0.15) is 5.69 Å². The first-order valence-electron chi connectivity index (χ1n) is 6.09. The molecule has 1 aliphatic heterocycles. The fourth-order valence-electron chi connectivity index (χ4n) is 1.93. The molecule has 1 fully saturated rings. The van der Waals surface area contributed by atoms with E-state index in [0.717, 1.165) is 17.6 Å². The lowest BCUT2D eigenvalue weighted by atomic mass is 10.3. The van der Waals surface area contributed by atoms with Crippen LogP contribution >= 0.6 is 15.9 Å². The summed E-state index contributed by atoms with van der Waals surface area (Å²) < 4.78 is 8.13. The molecule has 5 nitrogen and oxygen atoms in total. The Hall–Kier alpha value is -0.850. The fourth-order valence-corrected chi connectivity index (χ4v) is 2.37. The molecule has 0 saturated carbocycles. The highest BCUT2D eigenvalue weighted by Gasteiger charge is 2.18. The Morgan fingerprint density at radius 3 is 2.72 bits per heavy atom. The molecule has 0 aromatic carbocycles. The van der Waals surface area contributed by atoms with Crippen LogP contribution in [-0.4, -0.2) is 41.8 Å². The molecule has 1 N–H and O–H groups in total. The Labute approximate surface area is 115 Å². The molecule has 1 saturated heterocycles. The van der Waals surface area contributed by atoms with Crippen LogP contribution in [0.15, 0.2) is 16.7 Å². The van der Waals surface area contributed by atoms with E-state index in [9.17, 15) is 4.79 Å². The van der Waals surface area contributed by atoms with E-state index in [-0.39, 0.29) is 11.9 Å². The zero-order valence-electron chi connectivity index (χ0n) is 10.6. The molecule has 1 amide bonds. The second-order valence-electron chi connectivity index (χ2n) is 4.58. The molecule has 2 rings (SSSR count). The van der Waals surface area contributed by atoms with Crippen LogP contribution in [-0.2, 0) is 4.74 Å². The van der Waals surface area contributed by atoms with Crippen molar-refractivity contribution in [2.75, 3.05) is 26.3 Å². The Bertz CT molecular complexity index is 425. The number of nitrogens with zero attached hydrogens (tertiary/aromatic N) is 2. The van der Waals surface area contributed by atoms with Gasteiger partial charge in [0.05, 0.1) is 13.2 Å². The first-order chi connectivity index (χ1) is 8.58. The van der Waals surface area contributed by atoms with Gasteiger partial charge < -0.3 is 9.30 Å². The van der Waals surface area contributed by atoms with Crippen LogP contribution in [0.3, 0.4) is 0 Å². The van der Waals surface area contributed by atoms with Crippen LogP contribution < -0.4 is 5.43 Å². The van der Waals surface area contributed by atoms with Gasteiger partial charge in [-0.15, -0.1) is 0 Å². The molecule has 0 atom stereocenters. The molecule has 100 valence electrons. The van der Waals surface area contributed by atoms with Gasteiger partial charge in [0.15, 0.2) is 0 Å². The average molecular weight is 316 g/mol. The van der Waals surface area contributed by atoms with Crippen molar-refractivity contribution < 1.29 is 9.53 Å². The smallest absolute Gasteiger partial charge is 0.282 e. The zero-order chi connectivity index (χ0) is 13.1. The summed E-state index contributed by atoms with van der Waals surface area (Å²) in [5.74, 6) is -0.0729. The van der Waals surface area contributed by atoms with Crippen molar-refractivity contribution in [2.45, 2.75) is 19.9 Å². The lowest BCUT2D eigenvalue weighted by molar-refractivity contribution is 0.0123. The third kappa shape index (κ3) is 3.13. The lowest BCUT2D eigenvalue weighted by Gasteiger charge is -2.27. The van der Waals surface area contributed by atoms with Gasteiger partial charge >= 0.3 is 0 Å². The van der Waals surface area contributed by atoms with Gasteiger partial charge in [-0.3, -0.25) is 10.2 Å². The van der Waals surface area contributed by atoms with E-state index in [1.54, 1.807) is 0 Å². The predicted molar refractivity (Wildman–Crippen MR) is 72.4 cm³/mol. The zero-order valence-corrected chi connectivity index (χ0v) is 12.2. The van der Waals surface area contributed by atoms with Gasteiger partial charge in [0.2, 0.25) is 0 Å². The minimum Gasteiger partial charge on any atom is -0.379 e. The number of carbonyl (C=O) groups is 1. The highest BCUT2D eigenvalue weighted by molar-refractivity contribution is 9.10. The maximum atomic E-state index is 12.2. The molecule has 1 aromatic rings. The molecule has 1 aromatic heterocycles. The van der Waals surface area contributed by atoms with Crippen molar-refractivity contribution in [1.29, 1.82) is 0 Å². The van der Waals surface area contributed by atoms with Gasteiger partial charge in [-0.1, -0.05) is 0 Å². The molecule has 0 bridgehead atoms. The van der Waals surface area contributed by atoms with Crippen LogP contribution in [0.1, 0.15) is 30.4 Å². The van der Waals surface area contributed by atoms with Gasteiger partial charge in [0, 0.05) is 29.8 Å². The fraction of sp³-hybridized carbons (Fsp3) is 0.583. The summed E-state index contributed by atoms with van der Waals surface area (Å²) in [7, 11) is 0. The van der Waals surface area contributed by atoms with Crippen molar-refractivity contribution in [3.05, 3.63) is 22.4 Å².